The Labute approximate surface area is 142 Å². The van der Waals surface area contributed by atoms with Gasteiger partial charge in [0, 0.05) is 13.1 Å². The van der Waals surface area contributed by atoms with Crippen molar-refractivity contribution in [2.45, 2.75) is 12.8 Å². The summed E-state index contributed by atoms with van der Waals surface area (Å²) in [7, 11) is 3.09. The van der Waals surface area contributed by atoms with Crippen LogP contribution in [0.3, 0.4) is 0 Å². The Morgan fingerprint density at radius 2 is 1.75 bits per heavy atom. The van der Waals surface area contributed by atoms with E-state index in [1.165, 1.54) is 20.0 Å². The highest BCUT2D eigenvalue weighted by Gasteiger charge is 2.20. The predicted octanol–water partition coefficient (Wildman–Crippen LogP) is 3.56. The number of hydrogen-bond acceptors (Lipinski definition) is 4. The molecule has 5 nitrogen and oxygen atoms in total. The molecule has 1 aliphatic rings. The van der Waals surface area contributed by atoms with Gasteiger partial charge in [-0.1, -0.05) is 18.2 Å². The fraction of sp³-hybridized carbons (Fsp3) is 0.316. The largest absolute Gasteiger partial charge is 0.493 e. The van der Waals surface area contributed by atoms with Gasteiger partial charge in [0.05, 0.1) is 31.2 Å². The fourth-order valence-electron chi connectivity index (χ4n) is 3.07. The molecule has 0 spiro atoms. The van der Waals surface area contributed by atoms with Gasteiger partial charge < -0.3 is 19.7 Å². The second-order valence-electron chi connectivity index (χ2n) is 5.71. The van der Waals surface area contributed by atoms with E-state index < -0.39 is 0 Å². The number of carbonyl (C=O) groups excluding carboxylic acids is 1. The summed E-state index contributed by atoms with van der Waals surface area (Å²) in [5, 5.41) is 3.01. The van der Waals surface area contributed by atoms with Gasteiger partial charge >= 0.3 is 0 Å². The predicted molar refractivity (Wildman–Crippen MR) is 95.4 cm³/mol. The van der Waals surface area contributed by atoms with Gasteiger partial charge in [0.15, 0.2) is 11.5 Å². The normalized spacial score (nSPS) is 13.7. The van der Waals surface area contributed by atoms with Crippen molar-refractivity contribution in [1.29, 1.82) is 0 Å². The lowest BCUT2D eigenvalue weighted by molar-refractivity contribution is 0.102. The van der Waals surface area contributed by atoms with Gasteiger partial charge in [0.2, 0.25) is 0 Å². The first-order chi connectivity index (χ1) is 11.7. The van der Waals surface area contributed by atoms with Crippen LogP contribution in [-0.2, 0) is 0 Å². The lowest BCUT2D eigenvalue weighted by Crippen LogP contribution is -2.21. The van der Waals surface area contributed by atoms with Gasteiger partial charge in [-0.15, -0.1) is 0 Å². The number of rotatable bonds is 5. The Morgan fingerprint density at radius 1 is 1.00 bits per heavy atom. The number of benzene rings is 2. The Hall–Kier alpha value is -2.69. The molecule has 0 aromatic heterocycles. The van der Waals surface area contributed by atoms with Crippen LogP contribution < -0.4 is 19.7 Å². The number of para-hydroxylation sites is 3. The minimum atomic E-state index is -0.211. The molecule has 0 saturated carbocycles. The van der Waals surface area contributed by atoms with E-state index in [0.29, 0.717) is 17.1 Å². The van der Waals surface area contributed by atoms with Crippen LogP contribution in [-0.4, -0.2) is 33.2 Å². The van der Waals surface area contributed by atoms with Crippen LogP contribution in [0.15, 0.2) is 42.5 Å². The van der Waals surface area contributed by atoms with E-state index in [-0.39, 0.29) is 5.91 Å². The van der Waals surface area contributed by atoms with E-state index in [1.54, 1.807) is 25.3 Å². The minimum Gasteiger partial charge on any atom is -0.493 e. The van der Waals surface area contributed by atoms with Crippen molar-refractivity contribution >= 4 is 17.3 Å². The van der Waals surface area contributed by atoms with E-state index in [0.717, 1.165) is 24.5 Å². The van der Waals surface area contributed by atoms with Crippen LogP contribution >= 0.6 is 0 Å². The molecule has 0 aliphatic carbocycles. The molecule has 1 heterocycles. The summed E-state index contributed by atoms with van der Waals surface area (Å²) in [6.45, 7) is 2.05. The first-order valence-corrected chi connectivity index (χ1v) is 8.11. The Kier molecular flexibility index (Phi) is 4.89. The van der Waals surface area contributed by atoms with Crippen molar-refractivity contribution in [2.24, 2.45) is 0 Å². The van der Waals surface area contributed by atoms with Crippen LogP contribution in [0.5, 0.6) is 11.5 Å². The third kappa shape index (κ3) is 3.15. The zero-order valence-electron chi connectivity index (χ0n) is 14.0. The van der Waals surface area contributed by atoms with Gasteiger partial charge in [-0.05, 0) is 37.1 Å². The number of hydrogen-bond donors (Lipinski definition) is 1. The summed E-state index contributed by atoms with van der Waals surface area (Å²) in [6, 6.07) is 13.2. The molecule has 1 amide bonds. The maximum Gasteiger partial charge on any atom is 0.259 e. The molecule has 1 saturated heterocycles. The van der Waals surface area contributed by atoms with E-state index in [1.807, 2.05) is 24.3 Å². The molecule has 1 N–H and O–H groups in total. The second-order valence-corrected chi connectivity index (χ2v) is 5.71. The van der Waals surface area contributed by atoms with E-state index in [2.05, 4.69) is 10.2 Å². The summed E-state index contributed by atoms with van der Waals surface area (Å²) in [6.07, 6.45) is 2.37. The Bertz CT molecular complexity index is 724. The third-order valence-electron chi connectivity index (χ3n) is 4.25. The van der Waals surface area contributed by atoms with Gasteiger partial charge in [-0.25, -0.2) is 0 Å². The topological polar surface area (TPSA) is 50.8 Å². The average Bonchev–Trinajstić information content (AvgIpc) is 3.15. The Balaban J connectivity index is 1.88. The van der Waals surface area contributed by atoms with Gasteiger partial charge in [-0.2, -0.15) is 0 Å². The first-order valence-electron chi connectivity index (χ1n) is 8.11. The van der Waals surface area contributed by atoms with Crippen LogP contribution in [0.25, 0.3) is 0 Å². The highest BCUT2D eigenvalue weighted by atomic mass is 16.5. The summed E-state index contributed by atoms with van der Waals surface area (Å²) in [4.78, 5) is 15.1. The van der Waals surface area contributed by atoms with E-state index in [9.17, 15) is 4.79 Å². The van der Waals surface area contributed by atoms with E-state index in [4.69, 9.17) is 9.47 Å². The highest BCUT2D eigenvalue weighted by Crippen LogP contribution is 2.33. The van der Waals surface area contributed by atoms with Crippen LogP contribution in [0, 0.1) is 0 Å². The molecule has 126 valence electrons. The molecule has 3 rings (SSSR count). The molecule has 2 aromatic rings. The number of anilines is 2. The van der Waals surface area contributed by atoms with Crippen molar-refractivity contribution in [1.82, 2.24) is 0 Å². The zero-order chi connectivity index (χ0) is 16.9. The molecule has 0 radical (unpaired) electrons. The quantitative estimate of drug-likeness (QED) is 0.913. The lowest BCUT2D eigenvalue weighted by Gasteiger charge is -2.21. The Morgan fingerprint density at radius 3 is 2.46 bits per heavy atom. The smallest absolute Gasteiger partial charge is 0.259 e. The molecular formula is C19H22N2O3. The van der Waals surface area contributed by atoms with Crippen molar-refractivity contribution in [2.75, 3.05) is 37.5 Å². The standard InChI is InChI=1S/C19H22N2O3/c1-23-17-11-7-8-14(18(17)24-2)19(22)20-15-9-3-4-10-16(15)21-12-5-6-13-21/h3-4,7-11H,5-6,12-13H2,1-2H3,(H,20,22). The number of amides is 1. The maximum atomic E-state index is 12.8. The number of carbonyl (C=O) groups is 1. The van der Waals surface area contributed by atoms with Gasteiger partial charge in [0.25, 0.3) is 5.91 Å². The number of ether oxygens (including phenoxy) is 2. The zero-order valence-corrected chi connectivity index (χ0v) is 14.0. The average molecular weight is 326 g/mol. The number of nitrogens with one attached hydrogen (secondary N) is 1. The highest BCUT2D eigenvalue weighted by molar-refractivity contribution is 6.08. The van der Waals surface area contributed by atoms with Crippen molar-refractivity contribution in [3.8, 4) is 11.5 Å². The maximum absolute atomic E-state index is 12.8. The molecule has 0 bridgehead atoms. The van der Waals surface area contributed by atoms with E-state index >= 15 is 0 Å². The van der Waals surface area contributed by atoms with Crippen molar-refractivity contribution < 1.29 is 14.3 Å². The first kappa shape index (κ1) is 16.2. The van der Waals surface area contributed by atoms with Crippen LogP contribution in [0.2, 0.25) is 0 Å². The molecule has 0 unspecified atom stereocenters. The summed E-state index contributed by atoms with van der Waals surface area (Å²) < 4.78 is 10.6. The minimum absolute atomic E-state index is 0.211. The second kappa shape index (κ2) is 7.25. The third-order valence-corrected chi connectivity index (χ3v) is 4.25. The lowest BCUT2D eigenvalue weighted by atomic mass is 10.1. The fourth-order valence-corrected chi connectivity index (χ4v) is 3.07. The molecule has 1 fully saturated rings. The number of methoxy groups -OCH3 is 2. The molecule has 2 aromatic carbocycles. The summed E-state index contributed by atoms with van der Waals surface area (Å²) in [5.74, 6) is 0.770. The molecule has 24 heavy (non-hydrogen) atoms. The van der Waals surface area contributed by atoms with Gasteiger partial charge in [-0.3, -0.25) is 4.79 Å². The van der Waals surface area contributed by atoms with Crippen LogP contribution in [0.1, 0.15) is 23.2 Å². The number of nitrogens with zero attached hydrogens (tertiary/aromatic N) is 1. The SMILES string of the molecule is COc1cccc(C(=O)Nc2ccccc2N2CCCC2)c1OC. The van der Waals surface area contributed by atoms with Crippen molar-refractivity contribution in [3.63, 3.8) is 0 Å². The monoisotopic (exact) mass is 326 g/mol. The van der Waals surface area contributed by atoms with Crippen molar-refractivity contribution in [3.05, 3.63) is 48.0 Å². The summed E-state index contributed by atoms with van der Waals surface area (Å²) in [5.41, 5.74) is 2.33. The van der Waals surface area contributed by atoms with Gasteiger partial charge in [0.1, 0.15) is 0 Å². The summed E-state index contributed by atoms with van der Waals surface area (Å²) >= 11 is 0. The van der Waals surface area contributed by atoms with Crippen LogP contribution in [0.4, 0.5) is 11.4 Å². The molecule has 1 aliphatic heterocycles. The molecule has 0 atom stereocenters. The molecule has 5 heteroatoms. The molecular weight excluding hydrogens is 304 g/mol.